The van der Waals surface area contributed by atoms with E-state index in [0.717, 1.165) is 12.1 Å². The van der Waals surface area contributed by atoms with Crippen molar-refractivity contribution in [2.24, 2.45) is 7.05 Å². The minimum atomic E-state index is -0.790. The second-order valence-corrected chi connectivity index (χ2v) is 3.75. The third kappa shape index (κ3) is 1.65. The van der Waals surface area contributed by atoms with Crippen molar-refractivity contribution in [3.05, 3.63) is 37.1 Å². The number of imidazole rings is 1. The van der Waals surface area contributed by atoms with Gasteiger partial charge in [0.15, 0.2) is 4.77 Å². The average molecular weight is 254 g/mol. The van der Waals surface area contributed by atoms with E-state index in [-0.39, 0.29) is 0 Å². The van der Waals surface area contributed by atoms with Crippen molar-refractivity contribution < 1.29 is 9.85 Å². The summed E-state index contributed by atoms with van der Waals surface area (Å²) in [6.45, 7) is 0. The third-order valence-electron chi connectivity index (χ3n) is 2.39. The standard InChI is InChI=1S/C8H6N4O4S/c1-10-5-3-7(12(15)16)6(11(13)14)2-4(5)9-8(10)17/h2-3H,1H3,(H,9,17). The molecule has 17 heavy (non-hydrogen) atoms. The number of hydrogen-bond acceptors (Lipinski definition) is 5. The zero-order chi connectivity index (χ0) is 12.7. The van der Waals surface area contributed by atoms with E-state index in [2.05, 4.69) is 4.98 Å². The van der Waals surface area contributed by atoms with Gasteiger partial charge in [-0.05, 0) is 12.2 Å². The van der Waals surface area contributed by atoms with Crippen LogP contribution in [0.25, 0.3) is 11.0 Å². The lowest BCUT2D eigenvalue weighted by Gasteiger charge is -1.97. The molecule has 0 aliphatic heterocycles. The molecule has 2 aromatic rings. The molecule has 0 saturated carbocycles. The maximum Gasteiger partial charge on any atom is 0.348 e. The first-order valence-electron chi connectivity index (χ1n) is 4.43. The SMILES string of the molecule is Cn1c(=S)[nH]c2cc([N+](=O)[O-])c([N+](=O)[O-])cc21. The molecule has 0 bridgehead atoms. The van der Waals surface area contributed by atoms with Crippen molar-refractivity contribution in [3.8, 4) is 0 Å². The molecule has 0 unspecified atom stereocenters. The molecule has 0 fully saturated rings. The molecule has 0 amide bonds. The van der Waals surface area contributed by atoms with Crippen LogP contribution < -0.4 is 0 Å². The van der Waals surface area contributed by atoms with Crippen LogP contribution in [0.3, 0.4) is 0 Å². The molecule has 0 spiro atoms. The van der Waals surface area contributed by atoms with Crippen LogP contribution in [0.5, 0.6) is 0 Å². The molecule has 1 aromatic heterocycles. The van der Waals surface area contributed by atoms with Gasteiger partial charge >= 0.3 is 11.4 Å². The summed E-state index contributed by atoms with van der Waals surface area (Å²) in [4.78, 5) is 22.6. The Labute approximate surface area is 98.8 Å². The molecule has 1 aromatic carbocycles. The van der Waals surface area contributed by atoms with Gasteiger partial charge in [0.1, 0.15) is 0 Å². The summed E-state index contributed by atoms with van der Waals surface area (Å²) in [5, 5.41) is 21.5. The number of hydrogen-bond donors (Lipinski definition) is 1. The van der Waals surface area contributed by atoms with E-state index in [1.807, 2.05) is 0 Å². The highest BCUT2D eigenvalue weighted by atomic mass is 32.1. The van der Waals surface area contributed by atoms with E-state index in [4.69, 9.17) is 12.2 Å². The molecule has 2 rings (SSSR count). The predicted octanol–water partition coefficient (Wildman–Crippen LogP) is 2.05. The Morgan fingerprint density at radius 1 is 1.24 bits per heavy atom. The zero-order valence-electron chi connectivity index (χ0n) is 8.54. The third-order valence-corrected chi connectivity index (χ3v) is 2.77. The lowest BCUT2D eigenvalue weighted by molar-refractivity contribution is -0.422. The fraction of sp³-hybridized carbons (Fsp3) is 0.125. The van der Waals surface area contributed by atoms with Gasteiger partial charge in [-0.2, -0.15) is 0 Å². The second kappa shape index (κ2) is 3.63. The number of nitrogens with zero attached hydrogens (tertiary/aromatic N) is 3. The first-order chi connectivity index (χ1) is 7.91. The number of aromatic amines is 1. The molecule has 0 saturated heterocycles. The van der Waals surface area contributed by atoms with Gasteiger partial charge in [0, 0.05) is 19.2 Å². The molecule has 1 heterocycles. The molecule has 0 aliphatic rings. The lowest BCUT2D eigenvalue weighted by atomic mass is 10.2. The van der Waals surface area contributed by atoms with E-state index in [1.54, 1.807) is 7.05 Å². The van der Waals surface area contributed by atoms with Gasteiger partial charge in [-0.25, -0.2) is 0 Å². The Balaban J connectivity index is 2.91. The van der Waals surface area contributed by atoms with Crippen LogP contribution in [-0.2, 0) is 7.05 Å². The van der Waals surface area contributed by atoms with E-state index in [1.165, 1.54) is 4.57 Å². The van der Waals surface area contributed by atoms with E-state index in [0.29, 0.717) is 15.8 Å². The Bertz CT molecular complexity index is 701. The Kier molecular flexibility index (Phi) is 2.39. The number of fused-ring (bicyclic) bond motifs is 1. The summed E-state index contributed by atoms with van der Waals surface area (Å²) >= 11 is 4.94. The maximum absolute atomic E-state index is 10.7. The molecule has 1 N–H and O–H groups in total. The van der Waals surface area contributed by atoms with Crippen LogP contribution in [0.2, 0.25) is 0 Å². The molecule has 9 heteroatoms. The number of nitro benzene ring substituents is 2. The van der Waals surface area contributed by atoms with Gasteiger partial charge in [-0.1, -0.05) is 0 Å². The van der Waals surface area contributed by atoms with Crippen molar-refractivity contribution in [2.75, 3.05) is 0 Å². The summed E-state index contributed by atoms with van der Waals surface area (Å²) < 4.78 is 1.86. The number of nitro groups is 2. The van der Waals surface area contributed by atoms with Gasteiger partial charge in [0.05, 0.1) is 20.9 Å². The lowest BCUT2D eigenvalue weighted by Crippen LogP contribution is -1.97. The fourth-order valence-electron chi connectivity index (χ4n) is 1.54. The average Bonchev–Trinajstić information content (AvgIpc) is 2.53. The van der Waals surface area contributed by atoms with Crippen molar-refractivity contribution in [3.63, 3.8) is 0 Å². The Morgan fingerprint density at radius 3 is 2.29 bits per heavy atom. The highest BCUT2D eigenvalue weighted by Crippen LogP contribution is 2.31. The Morgan fingerprint density at radius 2 is 1.76 bits per heavy atom. The topological polar surface area (TPSA) is 107 Å². The summed E-state index contributed by atoms with van der Waals surface area (Å²) in [6, 6.07) is 2.25. The molecule has 8 nitrogen and oxygen atoms in total. The minimum Gasteiger partial charge on any atom is -0.330 e. The molecule has 88 valence electrons. The van der Waals surface area contributed by atoms with Crippen molar-refractivity contribution in [1.82, 2.24) is 9.55 Å². The normalized spacial score (nSPS) is 10.6. The molecule has 0 atom stereocenters. The minimum absolute atomic E-state index is 0.342. The van der Waals surface area contributed by atoms with Gasteiger partial charge in [0.25, 0.3) is 0 Å². The van der Waals surface area contributed by atoms with Crippen LogP contribution in [0.4, 0.5) is 11.4 Å². The number of H-pyrrole nitrogens is 1. The first-order valence-corrected chi connectivity index (χ1v) is 4.84. The molecule has 0 aliphatic carbocycles. The molecular formula is C8H6N4O4S. The van der Waals surface area contributed by atoms with E-state index < -0.39 is 21.2 Å². The van der Waals surface area contributed by atoms with Gasteiger partial charge < -0.3 is 9.55 Å². The monoisotopic (exact) mass is 254 g/mol. The number of rotatable bonds is 2. The van der Waals surface area contributed by atoms with Crippen LogP contribution in [-0.4, -0.2) is 19.4 Å². The highest BCUT2D eigenvalue weighted by molar-refractivity contribution is 7.71. The second-order valence-electron chi connectivity index (χ2n) is 3.36. The van der Waals surface area contributed by atoms with Gasteiger partial charge in [-0.3, -0.25) is 20.2 Å². The van der Waals surface area contributed by atoms with Crippen molar-refractivity contribution >= 4 is 34.6 Å². The summed E-state index contributed by atoms with van der Waals surface area (Å²) in [6.07, 6.45) is 0. The van der Waals surface area contributed by atoms with E-state index >= 15 is 0 Å². The van der Waals surface area contributed by atoms with Crippen molar-refractivity contribution in [2.45, 2.75) is 0 Å². The van der Waals surface area contributed by atoms with Crippen LogP contribution in [0.1, 0.15) is 0 Å². The summed E-state index contributed by atoms with van der Waals surface area (Å²) in [5.41, 5.74) is -0.256. The molecular weight excluding hydrogens is 248 g/mol. The predicted molar refractivity (Wildman–Crippen MR) is 61.4 cm³/mol. The zero-order valence-corrected chi connectivity index (χ0v) is 9.35. The first kappa shape index (κ1) is 11.2. The van der Waals surface area contributed by atoms with E-state index in [9.17, 15) is 20.2 Å². The molecule has 0 radical (unpaired) electrons. The fourth-order valence-corrected chi connectivity index (χ4v) is 1.75. The van der Waals surface area contributed by atoms with Crippen LogP contribution in [0.15, 0.2) is 12.1 Å². The largest absolute Gasteiger partial charge is 0.348 e. The summed E-state index contributed by atoms with van der Waals surface area (Å²) in [5.74, 6) is 0. The van der Waals surface area contributed by atoms with Crippen LogP contribution >= 0.6 is 12.2 Å². The number of aryl methyl sites for hydroxylation is 1. The van der Waals surface area contributed by atoms with Crippen molar-refractivity contribution in [1.29, 1.82) is 0 Å². The van der Waals surface area contributed by atoms with Crippen LogP contribution in [0, 0.1) is 25.0 Å². The number of nitrogens with one attached hydrogen (secondary N) is 1. The number of aromatic nitrogens is 2. The smallest absolute Gasteiger partial charge is 0.330 e. The van der Waals surface area contributed by atoms with Gasteiger partial charge in [-0.15, -0.1) is 0 Å². The highest BCUT2D eigenvalue weighted by Gasteiger charge is 2.25. The quantitative estimate of drug-likeness (QED) is 0.501. The summed E-state index contributed by atoms with van der Waals surface area (Å²) in [7, 11) is 1.62. The number of benzene rings is 1. The maximum atomic E-state index is 10.7. The van der Waals surface area contributed by atoms with Gasteiger partial charge in [0.2, 0.25) is 0 Å². The Hall–Kier alpha value is -2.29.